The summed E-state index contributed by atoms with van der Waals surface area (Å²) in [4.78, 5) is 34.5. The number of halogens is 1. The SMILES string of the molecule is Cc1ccc(C(=O)[C@H](C)OC(=O)c2ccc(Cl)c([N+](=O)[O-])c2)cc1. The van der Waals surface area contributed by atoms with Crippen LogP contribution in [-0.2, 0) is 4.74 Å². The average molecular weight is 348 g/mol. The van der Waals surface area contributed by atoms with Crippen molar-refractivity contribution >= 4 is 29.0 Å². The zero-order chi connectivity index (χ0) is 17.9. The zero-order valence-electron chi connectivity index (χ0n) is 13.0. The number of hydrogen-bond acceptors (Lipinski definition) is 5. The van der Waals surface area contributed by atoms with Crippen molar-refractivity contribution in [3.05, 3.63) is 74.3 Å². The molecule has 0 unspecified atom stereocenters. The number of carbonyl (C=O) groups is 2. The highest BCUT2D eigenvalue weighted by Crippen LogP contribution is 2.25. The summed E-state index contributed by atoms with van der Waals surface area (Å²) in [5.74, 6) is -1.19. The molecule has 2 aromatic carbocycles. The van der Waals surface area contributed by atoms with Crippen molar-refractivity contribution in [3.63, 3.8) is 0 Å². The second-order valence-electron chi connectivity index (χ2n) is 5.20. The van der Waals surface area contributed by atoms with Crippen molar-refractivity contribution in [1.29, 1.82) is 0 Å². The summed E-state index contributed by atoms with van der Waals surface area (Å²) < 4.78 is 5.10. The van der Waals surface area contributed by atoms with Gasteiger partial charge < -0.3 is 4.74 Å². The number of aryl methyl sites for hydroxylation is 1. The van der Waals surface area contributed by atoms with Crippen LogP contribution in [0.3, 0.4) is 0 Å². The summed E-state index contributed by atoms with van der Waals surface area (Å²) in [6, 6.07) is 10.4. The molecule has 2 rings (SSSR count). The largest absolute Gasteiger partial charge is 0.451 e. The lowest BCUT2D eigenvalue weighted by Gasteiger charge is -2.12. The van der Waals surface area contributed by atoms with Crippen LogP contribution in [0, 0.1) is 17.0 Å². The van der Waals surface area contributed by atoms with E-state index in [2.05, 4.69) is 0 Å². The maximum absolute atomic E-state index is 12.2. The molecule has 0 saturated heterocycles. The molecule has 6 nitrogen and oxygen atoms in total. The van der Waals surface area contributed by atoms with Crippen LogP contribution in [0.15, 0.2) is 42.5 Å². The van der Waals surface area contributed by atoms with E-state index in [-0.39, 0.29) is 16.4 Å². The highest BCUT2D eigenvalue weighted by atomic mass is 35.5. The molecule has 0 aliphatic heterocycles. The summed E-state index contributed by atoms with van der Waals surface area (Å²) in [7, 11) is 0. The number of rotatable bonds is 5. The number of nitro groups is 1. The smallest absolute Gasteiger partial charge is 0.339 e. The normalized spacial score (nSPS) is 11.6. The number of hydrogen-bond donors (Lipinski definition) is 0. The highest BCUT2D eigenvalue weighted by Gasteiger charge is 2.22. The second kappa shape index (κ2) is 7.23. The van der Waals surface area contributed by atoms with Gasteiger partial charge in [0.25, 0.3) is 5.69 Å². The molecule has 0 fully saturated rings. The molecule has 124 valence electrons. The van der Waals surface area contributed by atoms with Gasteiger partial charge in [-0.25, -0.2) is 4.79 Å². The highest BCUT2D eigenvalue weighted by molar-refractivity contribution is 6.32. The third kappa shape index (κ3) is 3.97. The molecule has 0 heterocycles. The Balaban J connectivity index is 2.14. The van der Waals surface area contributed by atoms with E-state index in [1.807, 2.05) is 6.92 Å². The van der Waals surface area contributed by atoms with Crippen molar-refractivity contribution < 1.29 is 19.2 Å². The van der Waals surface area contributed by atoms with Crippen molar-refractivity contribution in [2.24, 2.45) is 0 Å². The van der Waals surface area contributed by atoms with Crippen LogP contribution in [-0.4, -0.2) is 22.8 Å². The fourth-order valence-electron chi connectivity index (χ4n) is 2.01. The fraction of sp³-hybridized carbons (Fsp3) is 0.176. The summed E-state index contributed by atoms with van der Waals surface area (Å²) in [6.07, 6.45) is -1.02. The minimum Gasteiger partial charge on any atom is -0.451 e. The third-order valence-corrected chi connectivity index (χ3v) is 3.69. The standard InChI is InChI=1S/C17H14ClNO5/c1-10-3-5-12(6-4-10)16(20)11(2)24-17(21)13-7-8-14(18)15(9-13)19(22)23/h3-9,11H,1-2H3/t11-/m0/s1. The van der Waals surface area contributed by atoms with Crippen molar-refractivity contribution in [1.82, 2.24) is 0 Å². The first-order valence-corrected chi connectivity index (χ1v) is 7.43. The van der Waals surface area contributed by atoms with Crippen molar-refractivity contribution in [2.75, 3.05) is 0 Å². The van der Waals surface area contributed by atoms with Crippen molar-refractivity contribution in [3.8, 4) is 0 Å². The van der Waals surface area contributed by atoms with Gasteiger partial charge in [0.05, 0.1) is 10.5 Å². The fourth-order valence-corrected chi connectivity index (χ4v) is 2.20. The molecular formula is C17H14ClNO5. The Morgan fingerprint density at radius 1 is 1.12 bits per heavy atom. The van der Waals surface area contributed by atoms with Gasteiger partial charge in [-0.15, -0.1) is 0 Å². The Morgan fingerprint density at radius 3 is 2.29 bits per heavy atom. The molecule has 0 N–H and O–H groups in total. The van der Waals surface area contributed by atoms with Gasteiger partial charge in [-0.2, -0.15) is 0 Å². The Hall–Kier alpha value is -2.73. The summed E-state index contributed by atoms with van der Waals surface area (Å²) in [5, 5.41) is 10.8. The molecule has 0 saturated carbocycles. The van der Waals surface area contributed by atoms with Gasteiger partial charge in [0.2, 0.25) is 5.78 Å². The van der Waals surface area contributed by atoms with Gasteiger partial charge in [-0.05, 0) is 26.0 Å². The second-order valence-corrected chi connectivity index (χ2v) is 5.61. The van der Waals surface area contributed by atoms with Gasteiger partial charge in [0, 0.05) is 11.6 Å². The van der Waals surface area contributed by atoms with E-state index >= 15 is 0 Å². The lowest BCUT2D eigenvalue weighted by molar-refractivity contribution is -0.384. The maximum Gasteiger partial charge on any atom is 0.339 e. The van der Waals surface area contributed by atoms with E-state index in [4.69, 9.17) is 16.3 Å². The quantitative estimate of drug-likeness (QED) is 0.353. The lowest BCUT2D eigenvalue weighted by atomic mass is 10.1. The van der Waals surface area contributed by atoms with Crippen LogP contribution in [0.25, 0.3) is 0 Å². The van der Waals surface area contributed by atoms with E-state index in [0.717, 1.165) is 11.6 Å². The molecule has 7 heteroatoms. The van der Waals surface area contributed by atoms with Crippen LogP contribution in [0.1, 0.15) is 33.2 Å². The van der Waals surface area contributed by atoms with Crippen LogP contribution in [0.5, 0.6) is 0 Å². The molecule has 24 heavy (non-hydrogen) atoms. The minimum atomic E-state index is -1.02. The monoisotopic (exact) mass is 347 g/mol. The predicted octanol–water partition coefficient (Wildman–Crippen LogP) is 3.98. The first-order valence-electron chi connectivity index (χ1n) is 7.05. The summed E-state index contributed by atoms with van der Waals surface area (Å²) in [6.45, 7) is 3.34. The van der Waals surface area contributed by atoms with Crippen molar-refractivity contribution in [2.45, 2.75) is 20.0 Å². The lowest BCUT2D eigenvalue weighted by Crippen LogP contribution is -2.24. The Kier molecular flexibility index (Phi) is 5.31. The minimum absolute atomic E-state index is 0.0466. The first-order chi connectivity index (χ1) is 11.3. The average Bonchev–Trinajstić information content (AvgIpc) is 2.54. The Bertz CT molecular complexity index is 801. The van der Waals surface area contributed by atoms with E-state index in [9.17, 15) is 19.7 Å². The summed E-state index contributed by atoms with van der Waals surface area (Å²) in [5.41, 5.74) is 0.978. The molecule has 2 aromatic rings. The molecule has 0 aliphatic rings. The molecule has 1 atom stereocenters. The number of ether oxygens (including phenoxy) is 1. The molecule has 0 radical (unpaired) electrons. The predicted molar refractivity (Wildman–Crippen MR) is 88.5 cm³/mol. The van der Waals surface area contributed by atoms with E-state index in [0.29, 0.717) is 5.56 Å². The van der Waals surface area contributed by atoms with Crippen LogP contribution >= 0.6 is 11.6 Å². The van der Waals surface area contributed by atoms with E-state index in [1.165, 1.54) is 19.1 Å². The number of benzene rings is 2. The zero-order valence-corrected chi connectivity index (χ0v) is 13.7. The molecule has 0 aromatic heterocycles. The molecule has 0 aliphatic carbocycles. The van der Waals surface area contributed by atoms with Crippen LogP contribution in [0.4, 0.5) is 5.69 Å². The third-order valence-electron chi connectivity index (χ3n) is 3.37. The van der Waals surface area contributed by atoms with E-state index in [1.54, 1.807) is 24.3 Å². The first kappa shape index (κ1) is 17.6. The van der Waals surface area contributed by atoms with Crippen LogP contribution < -0.4 is 0 Å². The van der Waals surface area contributed by atoms with Gasteiger partial charge in [-0.1, -0.05) is 41.4 Å². The van der Waals surface area contributed by atoms with Gasteiger partial charge in [0.15, 0.2) is 6.10 Å². The van der Waals surface area contributed by atoms with E-state index < -0.39 is 22.7 Å². The number of ketones is 1. The Morgan fingerprint density at radius 2 is 1.71 bits per heavy atom. The topological polar surface area (TPSA) is 86.5 Å². The number of Topliss-reactive ketones (excluding diaryl/α,β-unsaturated/α-hetero) is 1. The van der Waals surface area contributed by atoms with Gasteiger partial charge in [-0.3, -0.25) is 14.9 Å². The molecule has 0 spiro atoms. The summed E-state index contributed by atoms with van der Waals surface area (Å²) >= 11 is 5.70. The number of esters is 1. The maximum atomic E-state index is 12.2. The number of nitrogens with zero attached hydrogens (tertiary/aromatic N) is 1. The van der Waals surface area contributed by atoms with Crippen LogP contribution in [0.2, 0.25) is 5.02 Å². The Labute approximate surface area is 143 Å². The van der Waals surface area contributed by atoms with Gasteiger partial charge in [0.1, 0.15) is 5.02 Å². The number of carbonyl (C=O) groups excluding carboxylic acids is 2. The molecular weight excluding hydrogens is 334 g/mol. The molecule has 0 bridgehead atoms. The number of nitro benzene ring substituents is 1. The molecule has 0 amide bonds. The van der Waals surface area contributed by atoms with Gasteiger partial charge >= 0.3 is 5.97 Å².